The third kappa shape index (κ3) is 5.22. The normalized spacial score (nSPS) is 16.9. The van der Waals surface area contributed by atoms with E-state index < -0.39 is 0 Å². The molecule has 4 rings (SSSR count). The molecule has 0 fully saturated rings. The molecule has 2 aromatic rings. The summed E-state index contributed by atoms with van der Waals surface area (Å²) in [5.41, 5.74) is 7.97. The summed E-state index contributed by atoms with van der Waals surface area (Å²) in [4.78, 5) is 18.9. The van der Waals surface area contributed by atoms with Crippen molar-refractivity contribution in [3.05, 3.63) is 53.1 Å². The van der Waals surface area contributed by atoms with Gasteiger partial charge in [-0.3, -0.25) is 9.79 Å². The topological polar surface area (TPSA) is 75.5 Å². The van der Waals surface area contributed by atoms with Crippen LogP contribution in [0.5, 0.6) is 11.5 Å². The number of carbonyl (C=O) groups is 1. The van der Waals surface area contributed by atoms with Gasteiger partial charge in [0, 0.05) is 30.1 Å². The molecule has 1 atom stereocenters. The van der Waals surface area contributed by atoms with Crippen LogP contribution in [0.4, 0.5) is 10.5 Å². The number of hydrogen-bond donors (Lipinski definition) is 1. The minimum absolute atomic E-state index is 0.107. The van der Waals surface area contributed by atoms with Gasteiger partial charge in [0.1, 0.15) is 5.84 Å². The Bertz CT molecular complexity index is 1120. The van der Waals surface area contributed by atoms with Gasteiger partial charge >= 0.3 is 0 Å². The minimum Gasteiger partial charge on any atom is -0.493 e. The summed E-state index contributed by atoms with van der Waals surface area (Å²) in [7, 11) is 3.30. The average molecular weight is 481 g/mol. The highest BCUT2D eigenvalue weighted by atomic mass is 32.2. The molecule has 2 heterocycles. The van der Waals surface area contributed by atoms with Crippen molar-refractivity contribution >= 4 is 34.2 Å². The molecule has 1 unspecified atom stereocenters. The Morgan fingerprint density at radius 2 is 2.03 bits per heavy atom. The number of amides is 1. The number of aryl methyl sites for hydroxylation is 1. The highest BCUT2D eigenvalue weighted by Crippen LogP contribution is 2.33. The molecular weight excluding hydrogens is 448 g/mol. The number of anilines is 1. The van der Waals surface area contributed by atoms with E-state index in [0.29, 0.717) is 23.2 Å². The summed E-state index contributed by atoms with van der Waals surface area (Å²) in [6.07, 6.45) is 3.11. The molecular formula is C26H32N4O3S. The van der Waals surface area contributed by atoms with Gasteiger partial charge in [-0.25, -0.2) is 5.43 Å². The second-order valence-electron chi connectivity index (χ2n) is 8.59. The van der Waals surface area contributed by atoms with Crippen molar-refractivity contribution in [1.29, 1.82) is 0 Å². The fraction of sp³-hybridized carbons (Fsp3) is 0.423. The fourth-order valence-electron chi connectivity index (χ4n) is 4.14. The number of nitrogens with one attached hydrogen (secondary N) is 1. The Morgan fingerprint density at radius 1 is 1.21 bits per heavy atom. The molecule has 1 amide bonds. The SMILES string of the molecule is CCC(C)C/N=C(/c1ccc(OC)c(OC)c1)N1CCCc2cc(C3=NNC(=O)SC3)ccc21. The smallest absolute Gasteiger partial charge is 0.299 e. The molecule has 7 nitrogen and oxygen atoms in total. The third-order valence-corrected chi connectivity index (χ3v) is 7.07. The van der Waals surface area contributed by atoms with Crippen molar-refractivity contribution in [2.24, 2.45) is 16.0 Å². The number of methoxy groups -OCH3 is 2. The van der Waals surface area contributed by atoms with Crippen molar-refractivity contribution in [1.82, 2.24) is 5.43 Å². The van der Waals surface area contributed by atoms with Crippen LogP contribution < -0.4 is 19.8 Å². The highest BCUT2D eigenvalue weighted by Gasteiger charge is 2.25. The second kappa shape index (κ2) is 11.0. The first kappa shape index (κ1) is 24.1. The van der Waals surface area contributed by atoms with E-state index in [4.69, 9.17) is 14.5 Å². The van der Waals surface area contributed by atoms with Crippen LogP contribution in [0.3, 0.4) is 0 Å². The molecule has 0 aliphatic carbocycles. The van der Waals surface area contributed by atoms with Crippen LogP contribution >= 0.6 is 11.8 Å². The summed E-state index contributed by atoms with van der Waals surface area (Å²) < 4.78 is 11.0. The van der Waals surface area contributed by atoms with Gasteiger partial charge in [-0.1, -0.05) is 38.1 Å². The number of ether oxygens (including phenoxy) is 2. The number of carbonyl (C=O) groups excluding carboxylic acids is 1. The maximum Gasteiger partial charge on any atom is 0.299 e. The number of rotatable bonds is 7. The number of nitrogens with zero attached hydrogens (tertiary/aromatic N) is 3. The number of fused-ring (bicyclic) bond motifs is 1. The molecule has 1 N–H and O–H groups in total. The summed E-state index contributed by atoms with van der Waals surface area (Å²) in [6.45, 7) is 6.08. The second-order valence-corrected chi connectivity index (χ2v) is 9.54. The van der Waals surface area contributed by atoms with Gasteiger partial charge in [0.2, 0.25) is 0 Å². The van der Waals surface area contributed by atoms with E-state index in [2.05, 4.69) is 53.5 Å². The Hall–Kier alpha value is -3.00. The number of thioether (sulfide) groups is 1. The molecule has 0 saturated heterocycles. The molecule has 2 aliphatic rings. The number of benzene rings is 2. The molecule has 0 saturated carbocycles. The van der Waals surface area contributed by atoms with Crippen LogP contribution in [0, 0.1) is 5.92 Å². The van der Waals surface area contributed by atoms with Gasteiger partial charge in [0.05, 0.1) is 19.9 Å². The molecule has 2 aliphatic heterocycles. The van der Waals surface area contributed by atoms with E-state index in [9.17, 15) is 4.79 Å². The van der Waals surface area contributed by atoms with Crippen molar-refractivity contribution in [3.8, 4) is 11.5 Å². The summed E-state index contributed by atoms with van der Waals surface area (Å²) >= 11 is 1.25. The number of aliphatic imine (C=N–C) groups is 1. The van der Waals surface area contributed by atoms with Crippen molar-refractivity contribution in [2.75, 3.05) is 38.0 Å². The van der Waals surface area contributed by atoms with Gasteiger partial charge < -0.3 is 14.4 Å². The Kier molecular flexibility index (Phi) is 7.77. The monoisotopic (exact) mass is 480 g/mol. The molecule has 2 aromatic carbocycles. The zero-order valence-electron chi connectivity index (χ0n) is 20.3. The number of amidine groups is 1. The van der Waals surface area contributed by atoms with Crippen LogP contribution in [0.25, 0.3) is 0 Å². The molecule has 34 heavy (non-hydrogen) atoms. The third-order valence-electron chi connectivity index (χ3n) is 6.30. The molecule has 0 aromatic heterocycles. The Morgan fingerprint density at radius 3 is 2.74 bits per heavy atom. The Balaban J connectivity index is 1.72. The maximum absolute atomic E-state index is 11.5. The standard InChI is InChI=1S/C26H32N4O3S/c1-5-17(2)15-27-25(20-9-11-23(32-3)24(14-20)33-4)30-12-6-7-19-13-18(8-10-22(19)30)21-16-34-26(31)29-28-21/h8-11,13-14,17H,5-7,12,15-16H2,1-4H3,(H,29,31)/b27-25-. The lowest BCUT2D eigenvalue weighted by atomic mass is 9.96. The van der Waals surface area contributed by atoms with E-state index in [0.717, 1.165) is 55.0 Å². The first-order valence-corrected chi connectivity index (χ1v) is 12.7. The van der Waals surface area contributed by atoms with Gasteiger partial charge in [0.15, 0.2) is 11.5 Å². The van der Waals surface area contributed by atoms with Crippen molar-refractivity contribution in [3.63, 3.8) is 0 Å². The van der Waals surface area contributed by atoms with Gasteiger partial charge in [-0.05, 0) is 60.2 Å². The number of hydrazone groups is 1. The summed E-state index contributed by atoms with van der Waals surface area (Å²) in [5.74, 6) is 3.43. The molecule has 8 heteroatoms. The predicted molar refractivity (Wildman–Crippen MR) is 140 cm³/mol. The highest BCUT2D eigenvalue weighted by molar-refractivity contribution is 8.14. The van der Waals surface area contributed by atoms with E-state index >= 15 is 0 Å². The zero-order valence-corrected chi connectivity index (χ0v) is 21.1. The number of hydrogen-bond acceptors (Lipinski definition) is 6. The minimum atomic E-state index is -0.107. The maximum atomic E-state index is 11.5. The molecule has 0 bridgehead atoms. The average Bonchev–Trinajstić information content (AvgIpc) is 2.88. The van der Waals surface area contributed by atoms with Crippen LogP contribution in [0.2, 0.25) is 0 Å². The van der Waals surface area contributed by atoms with E-state index in [1.54, 1.807) is 14.2 Å². The fourth-order valence-corrected chi connectivity index (χ4v) is 4.74. The first-order valence-electron chi connectivity index (χ1n) is 11.7. The van der Waals surface area contributed by atoms with E-state index in [-0.39, 0.29) is 5.24 Å². The van der Waals surface area contributed by atoms with Crippen LogP contribution in [0.15, 0.2) is 46.5 Å². The van der Waals surface area contributed by atoms with Gasteiger partial charge in [-0.15, -0.1) is 0 Å². The quantitative estimate of drug-likeness (QED) is 0.440. The van der Waals surface area contributed by atoms with Gasteiger partial charge in [-0.2, -0.15) is 5.10 Å². The largest absolute Gasteiger partial charge is 0.493 e. The summed E-state index contributed by atoms with van der Waals surface area (Å²) in [6, 6.07) is 12.5. The van der Waals surface area contributed by atoms with Crippen LogP contribution in [-0.4, -0.2) is 49.8 Å². The Labute approximate surface area is 205 Å². The molecule has 0 spiro atoms. The molecule has 180 valence electrons. The lowest BCUT2D eigenvalue weighted by Crippen LogP contribution is -2.37. The molecule has 0 radical (unpaired) electrons. The van der Waals surface area contributed by atoms with E-state index in [1.165, 1.54) is 23.0 Å². The van der Waals surface area contributed by atoms with Crippen LogP contribution in [0.1, 0.15) is 43.4 Å². The zero-order chi connectivity index (χ0) is 24.1. The van der Waals surface area contributed by atoms with Crippen molar-refractivity contribution in [2.45, 2.75) is 33.1 Å². The van der Waals surface area contributed by atoms with Gasteiger partial charge in [0.25, 0.3) is 5.24 Å². The lowest BCUT2D eigenvalue weighted by molar-refractivity contribution is 0.261. The first-order chi connectivity index (χ1) is 16.5. The predicted octanol–water partition coefficient (Wildman–Crippen LogP) is 5.11. The lowest BCUT2D eigenvalue weighted by Gasteiger charge is -2.33. The van der Waals surface area contributed by atoms with E-state index in [1.807, 2.05) is 12.1 Å². The van der Waals surface area contributed by atoms with Crippen LogP contribution in [-0.2, 0) is 6.42 Å². The summed E-state index contributed by atoms with van der Waals surface area (Å²) in [5, 5.41) is 4.15. The van der Waals surface area contributed by atoms with Crippen molar-refractivity contribution < 1.29 is 14.3 Å².